The van der Waals surface area contributed by atoms with E-state index in [9.17, 15) is 4.79 Å². The zero-order chi connectivity index (χ0) is 12.3. The van der Waals surface area contributed by atoms with E-state index in [0.717, 1.165) is 36.8 Å². The third-order valence-electron chi connectivity index (χ3n) is 3.19. The number of nitrogens with two attached hydrogens (primary N) is 1. The lowest BCUT2D eigenvalue weighted by molar-refractivity contribution is 0.0686. The smallest absolute Gasteiger partial charge is 0.404 e. The van der Waals surface area contributed by atoms with E-state index in [2.05, 4.69) is 25.5 Å². The second kappa shape index (κ2) is 5.53. The SMILES string of the molecule is NC(=O)OC1CCC(Cn2cncc2Br)CC1. The van der Waals surface area contributed by atoms with Crippen molar-refractivity contribution in [1.29, 1.82) is 0 Å². The fourth-order valence-corrected chi connectivity index (χ4v) is 2.67. The molecule has 0 spiro atoms. The molecule has 1 fully saturated rings. The molecule has 0 saturated heterocycles. The van der Waals surface area contributed by atoms with Crippen molar-refractivity contribution in [3.05, 3.63) is 17.1 Å². The van der Waals surface area contributed by atoms with Crippen LogP contribution in [0.5, 0.6) is 0 Å². The van der Waals surface area contributed by atoms with Gasteiger partial charge in [-0.2, -0.15) is 0 Å². The molecule has 2 N–H and O–H groups in total. The minimum absolute atomic E-state index is 0.00924. The number of ether oxygens (including phenoxy) is 1. The predicted octanol–water partition coefficient (Wildman–Crippen LogP) is 2.30. The summed E-state index contributed by atoms with van der Waals surface area (Å²) in [5, 5.41) is 0. The second-order valence-corrected chi connectivity index (χ2v) is 5.26. The first-order chi connectivity index (χ1) is 8.15. The summed E-state index contributed by atoms with van der Waals surface area (Å²) >= 11 is 3.45. The number of primary amides is 1. The number of carbonyl (C=O) groups is 1. The Morgan fingerprint density at radius 1 is 1.53 bits per heavy atom. The van der Waals surface area contributed by atoms with E-state index in [1.54, 1.807) is 6.20 Å². The number of imidazole rings is 1. The topological polar surface area (TPSA) is 70.1 Å². The molecule has 0 unspecified atom stereocenters. The lowest BCUT2D eigenvalue weighted by Gasteiger charge is -2.28. The molecule has 1 heterocycles. The standard InChI is InChI=1S/C11H16BrN3O2/c12-10-5-14-7-15(10)6-8-1-3-9(4-2-8)17-11(13)16/h5,7-9H,1-4,6H2,(H2,13,16). The fourth-order valence-electron chi connectivity index (χ4n) is 2.31. The van der Waals surface area contributed by atoms with E-state index in [-0.39, 0.29) is 6.10 Å². The molecule has 0 aromatic carbocycles. The van der Waals surface area contributed by atoms with Crippen molar-refractivity contribution < 1.29 is 9.53 Å². The summed E-state index contributed by atoms with van der Waals surface area (Å²) in [7, 11) is 0. The van der Waals surface area contributed by atoms with Crippen molar-refractivity contribution in [3.8, 4) is 0 Å². The third-order valence-corrected chi connectivity index (χ3v) is 3.85. The first kappa shape index (κ1) is 12.4. The van der Waals surface area contributed by atoms with Crippen LogP contribution in [0.1, 0.15) is 25.7 Å². The summed E-state index contributed by atoms with van der Waals surface area (Å²) in [5.41, 5.74) is 5.01. The van der Waals surface area contributed by atoms with Crippen molar-refractivity contribution in [2.45, 2.75) is 38.3 Å². The first-order valence-electron chi connectivity index (χ1n) is 5.77. The molecule has 0 atom stereocenters. The second-order valence-electron chi connectivity index (χ2n) is 4.45. The van der Waals surface area contributed by atoms with Gasteiger partial charge in [-0.15, -0.1) is 0 Å². The molecule has 1 aromatic heterocycles. The van der Waals surface area contributed by atoms with Crippen LogP contribution in [0.3, 0.4) is 0 Å². The Balaban J connectivity index is 1.79. The van der Waals surface area contributed by atoms with E-state index >= 15 is 0 Å². The van der Waals surface area contributed by atoms with Crippen LogP contribution >= 0.6 is 15.9 Å². The van der Waals surface area contributed by atoms with E-state index in [4.69, 9.17) is 10.5 Å². The molecule has 2 rings (SSSR count). The van der Waals surface area contributed by atoms with Gasteiger partial charge in [-0.25, -0.2) is 9.78 Å². The summed E-state index contributed by atoms with van der Waals surface area (Å²) in [6.07, 6.45) is 6.89. The molecule has 1 saturated carbocycles. The van der Waals surface area contributed by atoms with Crippen LogP contribution in [0.2, 0.25) is 0 Å². The molecule has 94 valence electrons. The third kappa shape index (κ3) is 3.46. The summed E-state index contributed by atoms with van der Waals surface area (Å²) in [6, 6.07) is 0. The maximum Gasteiger partial charge on any atom is 0.404 e. The maximum absolute atomic E-state index is 10.6. The molecule has 0 bridgehead atoms. The van der Waals surface area contributed by atoms with Gasteiger partial charge in [-0.1, -0.05) is 0 Å². The number of aromatic nitrogens is 2. The lowest BCUT2D eigenvalue weighted by Crippen LogP contribution is -2.28. The number of amides is 1. The molecule has 17 heavy (non-hydrogen) atoms. The minimum atomic E-state index is -0.661. The van der Waals surface area contributed by atoms with E-state index in [0.29, 0.717) is 5.92 Å². The van der Waals surface area contributed by atoms with Crippen LogP contribution in [-0.2, 0) is 11.3 Å². The normalized spacial score (nSPS) is 24.5. The van der Waals surface area contributed by atoms with Crippen molar-refractivity contribution in [2.24, 2.45) is 11.7 Å². The molecular weight excluding hydrogens is 286 g/mol. The number of halogens is 1. The molecule has 1 amide bonds. The molecule has 6 heteroatoms. The molecule has 1 aromatic rings. The Kier molecular flexibility index (Phi) is 4.04. The molecule has 0 radical (unpaired) electrons. The monoisotopic (exact) mass is 301 g/mol. The molecular formula is C11H16BrN3O2. The van der Waals surface area contributed by atoms with Gasteiger partial charge in [0.1, 0.15) is 10.7 Å². The summed E-state index contributed by atoms with van der Waals surface area (Å²) in [5.74, 6) is 0.619. The zero-order valence-electron chi connectivity index (χ0n) is 9.51. The number of carbonyl (C=O) groups excluding carboxylic acids is 1. The van der Waals surface area contributed by atoms with Crippen LogP contribution in [0.15, 0.2) is 17.1 Å². The van der Waals surface area contributed by atoms with Gasteiger partial charge in [0.05, 0.1) is 12.5 Å². The number of rotatable bonds is 3. The van der Waals surface area contributed by atoms with Gasteiger partial charge in [-0.3, -0.25) is 0 Å². The summed E-state index contributed by atoms with van der Waals surface area (Å²) < 4.78 is 8.11. The highest BCUT2D eigenvalue weighted by Crippen LogP contribution is 2.28. The number of hydrogen-bond acceptors (Lipinski definition) is 3. The fraction of sp³-hybridized carbons (Fsp3) is 0.636. The highest BCUT2D eigenvalue weighted by molar-refractivity contribution is 9.10. The van der Waals surface area contributed by atoms with Crippen molar-refractivity contribution in [1.82, 2.24) is 9.55 Å². The van der Waals surface area contributed by atoms with Gasteiger partial charge in [0.25, 0.3) is 0 Å². The van der Waals surface area contributed by atoms with E-state index in [1.807, 2.05) is 6.33 Å². The zero-order valence-corrected chi connectivity index (χ0v) is 11.1. The van der Waals surface area contributed by atoms with Crippen LogP contribution in [0.4, 0.5) is 4.79 Å². The van der Waals surface area contributed by atoms with Gasteiger partial charge in [0.15, 0.2) is 0 Å². The maximum atomic E-state index is 10.6. The lowest BCUT2D eigenvalue weighted by atomic mass is 9.87. The van der Waals surface area contributed by atoms with Crippen LogP contribution < -0.4 is 5.73 Å². The van der Waals surface area contributed by atoms with Gasteiger partial charge in [-0.05, 0) is 47.5 Å². The Bertz CT molecular complexity index is 386. The van der Waals surface area contributed by atoms with Crippen molar-refractivity contribution >= 4 is 22.0 Å². The van der Waals surface area contributed by atoms with Crippen molar-refractivity contribution in [3.63, 3.8) is 0 Å². The average molecular weight is 302 g/mol. The van der Waals surface area contributed by atoms with E-state index in [1.165, 1.54) is 0 Å². The van der Waals surface area contributed by atoms with Crippen molar-refractivity contribution in [2.75, 3.05) is 0 Å². The van der Waals surface area contributed by atoms with Crippen LogP contribution in [0.25, 0.3) is 0 Å². The van der Waals surface area contributed by atoms with E-state index < -0.39 is 6.09 Å². The molecule has 0 aliphatic heterocycles. The number of nitrogens with zero attached hydrogens (tertiary/aromatic N) is 2. The first-order valence-corrected chi connectivity index (χ1v) is 6.56. The molecule has 5 nitrogen and oxygen atoms in total. The highest BCUT2D eigenvalue weighted by Gasteiger charge is 2.23. The Morgan fingerprint density at radius 3 is 2.76 bits per heavy atom. The Labute approximate surface area is 108 Å². The summed E-state index contributed by atoms with van der Waals surface area (Å²) in [6.45, 7) is 0.962. The Hall–Kier alpha value is -1.04. The largest absolute Gasteiger partial charge is 0.446 e. The highest BCUT2D eigenvalue weighted by atomic mass is 79.9. The summed E-state index contributed by atoms with van der Waals surface area (Å²) in [4.78, 5) is 14.7. The molecule has 1 aliphatic rings. The Morgan fingerprint density at radius 2 is 2.24 bits per heavy atom. The van der Waals surface area contributed by atoms with Gasteiger partial charge in [0.2, 0.25) is 0 Å². The average Bonchev–Trinajstić information content (AvgIpc) is 2.67. The van der Waals surface area contributed by atoms with Crippen LogP contribution in [0, 0.1) is 5.92 Å². The quantitative estimate of drug-likeness (QED) is 0.931. The predicted molar refractivity (Wildman–Crippen MR) is 66.3 cm³/mol. The molecule has 1 aliphatic carbocycles. The van der Waals surface area contributed by atoms with Gasteiger partial charge >= 0.3 is 6.09 Å². The van der Waals surface area contributed by atoms with Crippen LogP contribution in [-0.4, -0.2) is 21.7 Å². The van der Waals surface area contributed by atoms with Gasteiger partial charge < -0.3 is 15.0 Å². The van der Waals surface area contributed by atoms with Gasteiger partial charge in [0, 0.05) is 6.54 Å². The number of hydrogen-bond donors (Lipinski definition) is 1. The minimum Gasteiger partial charge on any atom is -0.446 e.